The van der Waals surface area contributed by atoms with Crippen LogP contribution in [0.25, 0.3) is 5.52 Å². The number of fused-ring (bicyclic) bond motifs is 3. The fourth-order valence-corrected chi connectivity index (χ4v) is 4.99. The summed E-state index contributed by atoms with van der Waals surface area (Å²) < 4.78 is 2.03. The molecule has 1 spiro atoms. The van der Waals surface area contributed by atoms with Gasteiger partial charge in [0.2, 0.25) is 0 Å². The van der Waals surface area contributed by atoms with Crippen molar-refractivity contribution in [2.75, 3.05) is 13.1 Å². The molecule has 0 amide bonds. The van der Waals surface area contributed by atoms with Crippen LogP contribution in [0.3, 0.4) is 0 Å². The first-order valence-corrected chi connectivity index (χ1v) is 10.6. The van der Waals surface area contributed by atoms with Gasteiger partial charge in [0.15, 0.2) is 0 Å². The molecule has 1 saturated heterocycles. The maximum Gasteiger partial charge on any atom is 0.254 e. The molecule has 1 N–H and O–H groups in total. The monoisotopic (exact) mass is 391 g/mol. The second-order valence-corrected chi connectivity index (χ2v) is 9.73. The summed E-state index contributed by atoms with van der Waals surface area (Å²) in [5, 5.41) is 4.47. The molecule has 1 fully saturated rings. The van der Waals surface area contributed by atoms with Gasteiger partial charge in [0.25, 0.3) is 5.56 Å². The van der Waals surface area contributed by atoms with E-state index in [2.05, 4.69) is 54.0 Å². The molecule has 0 aromatic carbocycles. The van der Waals surface area contributed by atoms with Crippen molar-refractivity contribution in [3.8, 4) is 0 Å². The number of aromatic nitrogens is 4. The minimum Gasteiger partial charge on any atom is -0.310 e. The van der Waals surface area contributed by atoms with Gasteiger partial charge in [-0.15, -0.1) is 0 Å². The van der Waals surface area contributed by atoms with Crippen molar-refractivity contribution >= 4 is 5.52 Å². The normalized spacial score (nSPS) is 19.1. The summed E-state index contributed by atoms with van der Waals surface area (Å²) >= 11 is 0. The highest BCUT2D eigenvalue weighted by atomic mass is 16.1. The number of H-pyrrole nitrogens is 1. The number of nitrogens with one attached hydrogen (secondary N) is 1. The molecule has 0 unspecified atom stereocenters. The summed E-state index contributed by atoms with van der Waals surface area (Å²) in [6, 6.07) is 8.40. The van der Waals surface area contributed by atoms with Gasteiger partial charge in [-0.05, 0) is 57.0 Å². The van der Waals surface area contributed by atoms with Crippen LogP contribution in [0.5, 0.6) is 0 Å². The first kappa shape index (κ1) is 18.6. The molecule has 0 saturated carbocycles. The molecule has 29 heavy (non-hydrogen) atoms. The Balaban J connectivity index is 1.38. The zero-order chi connectivity index (χ0) is 20.2. The molecule has 5 rings (SSSR count). The van der Waals surface area contributed by atoms with Crippen LogP contribution in [-0.2, 0) is 23.8 Å². The molecule has 152 valence electrons. The Morgan fingerprint density at radius 2 is 1.93 bits per heavy atom. The molecule has 0 bridgehead atoms. The first-order valence-electron chi connectivity index (χ1n) is 10.6. The summed E-state index contributed by atoms with van der Waals surface area (Å²) in [4.78, 5) is 23.3. The number of nitrogens with zero attached hydrogens (tertiary/aromatic N) is 4. The van der Waals surface area contributed by atoms with Crippen LogP contribution in [0.4, 0.5) is 0 Å². The molecule has 1 aliphatic heterocycles. The van der Waals surface area contributed by atoms with Gasteiger partial charge < -0.3 is 4.98 Å². The van der Waals surface area contributed by atoms with E-state index in [0.717, 1.165) is 67.9 Å². The van der Waals surface area contributed by atoms with E-state index in [1.165, 1.54) is 5.69 Å². The lowest BCUT2D eigenvalue weighted by Gasteiger charge is -2.39. The molecular weight excluding hydrogens is 362 g/mol. The van der Waals surface area contributed by atoms with Crippen molar-refractivity contribution in [2.45, 2.75) is 63.8 Å². The van der Waals surface area contributed by atoms with E-state index in [1.54, 1.807) is 0 Å². The zero-order valence-electron chi connectivity index (χ0n) is 17.5. The molecule has 1 aliphatic carbocycles. The van der Waals surface area contributed by atoms with Crippen LogP contribution in [-0.4, -0.2) is 37.6 Å². The fourth-order valence-electron chi connectivity index (χ4n) is 4.99. The van der Waals surface area contributed by atoms with E-state index in [4.69, 9.17) is 4.98 Å². The van der Waals surface area contributed by atoms with Crippen LogP contribution in [0.15, 0.2) is 35.3 Å². The molecule has 2 aliphatic rings. The summed E-state index contributed by atoms with van der Waals surface area (Å²) in [5.41, 5.74) is 4.36. The molecule has 6 nitrogen and oxygen atoms in total. The third-order valence-corrected chi connectivity index (χ3v) is 6.78. The van der Waals surface area contributed by atoms with Gasteiger partial charge in [-0.25, -0.2) is 9.50 Å². The van der Waals surface area contributed by atoms with Crippen molar-refractivity contribution in [3.05, 3.63) is 63.6 Å². The Bertz CT molecular complexity index is 1110. The molecular formula is C23H29N5O. The van der Waals surface area contributed by atoms with Gasteiger partial charge in [0, 0.05) is 29.1 Å². The molecule has 0 radical (unpaired) electrons. The number of likely N-dealkylation sites (tertiary alicyclic amines) is 1. The molecule has 4 heterocycles. The molecule has 0 atom stereocenters. The average Bonchev–Trinajstić information content (AvgIpc) is 3.30. The summed E-state index contributed by atoms with van der Waals surface area (Å²) in [5.74, 6) is 0.815. The van der Waals surface area contributed by atoms with E-state index in [1.807, 2.05) is 16.8 Å². The molecule has 3 aromatic heterocycles. The van der Waals surface area contributed by atoms with Gasteiger partial charge in [0.1, 0.15) is 5.82 Å². The van der Waals surface area contributed by atoms with Crippen molar-refractivity contribution in [1.82, 2.24) is 24.5 Å². The van der Waals surface area contributed by atoms with E-state index in [9.17, 15) is 4.79 Å². The van der Waals surface area contributed by atoms with E-state index < -0.39 is 0 Å². The van der Waals surface area contributed by atoms with Crippen molar-refractivity contribution in [3.63, 3.8) is 0 Å². The Kier molecular flexibility index (Phi) is 4.17. The minimum atomic E-state index is -0.152. The summed E-state index contributed by atoms with van der Waals surface area (Å²) in [6.07, 6.45) is 5.89. The topological polar surface area (TPSA) is 66.3 Å². The third kappa shape index (κ3) is 3.10. The highest BCUT2D eigenvalue weighted by Gasteiger charge is 2.44. The Morgan fingerprint density at radius 3 is 2.69 bits per heavy atom. The first-order chi connectivity index (χ1) is 13.9. The fraction of sp³-hybridized carbons (Fsp3) is 0.522. The molecule has 3 aromatic rings. The van der Waals surface area contributed by atoms with Gasteiger partial charge in [-0.3, -0.25) is 9.69 Å². The van der Waals surface area contributed by atoms with Crippen molar-refractivity contribution < 1.29 is 0 Å². The third-order valence-electron chi connectivity index (χ3n) is 6.78. The largest absolute Gasteiger partial charge is 0.310 e. The maximum absolute atomic E-state index is 12.7. The lowest BCUT2D eigenvalue weighted by atomic mass is 9.76. The predicted molar refractivity (Wildman–Crippen MR) is 113 cm³/mol. The number of rotatable bonds is 2. The smallest absolute Gasteiger partial charge is 0.254 e. The Morgan fingerprint density at radius 1 is 1.14 bits per heavy atom. The number of aromatic amines is 1. The van der Waals surface area contributed by atoms with Crippen molar-refractivity contribution in [1.29, 1.82) is 0 Å². The standard InChI is InChI=1S/C23H29N5O/c1-22(2,3)21-25-19-18(20(29)26-21)7-9-23(19)10-13-27(14-11-23)15-17-6-4-5-16-8-12-24-28(16)17/h4-6,8,12H,7,9-11,13-15H2,1-3H3,(H,25,26,29). The zero-order valence-corrected chi connectivity index (χ0v) is 17.5. The second kappa shape index (κ2) is 6.52. The molecule has 6 heteroatoms. The minimum absolute atomic E-state index is 0.0673. The summed E-state index contributed by atoms with van der Waals surface area (Å²) in [7, 11) is 0. The predicted octanol–water partition coefficient (Wildman–Crippen LogP) is 3.20. The number of hydrogen-bond acceptors (Lipinski definition) is 4. The highest BCUT2D eigenvalue weighted by molar-refractivity contribution is 5.46. The van der Waals surface area contributed by atoms with Crippen LogP contribution in [0.1, 0.15) is 62.8 Å². The van der Waals surface area contributed by atoms with E-state index in [0.29, 0.717) is 0 Å². The van der Waals surface area contributed by atoms with Gasteiger partial charge in [-0.1, -0.05) is 26.8 Å². The average molecular weight is 392 g/mol. The van der Waals surface area contributed by atoms with E-state index in [-0.39, 0.29) is 16.4 Å². The lowest BCUT2D eigenvalue weighted by Crippen LogP contribution is -2.42. The van der Waals surface area contributed by atoms with Crippen molar-refractivity contribution in [2.24, 2.45) is 0 Å². The second-order valence-electron chi connectivity index (χ2n) is 9.73. The SMILES string of the molecule is CC(C)(C)c1nc2c(c(=O)[nH]1)CCC21CCN(Cc2cccc3ccnn23)CC1. The van der Waals surface area contributed by atoms with Gasteiger partial charge in [0.05, 0.1) is 16.9 Å². The lowest BCUT2D eigenvalue weighted by molar-refractivity contribution is 0.147. The quantitative estimate of drug-likeness (QED) is 0.729. The highest BCUT2D eigenvalue weighted by Crippen LogP contribution is 2.44. The summed E-state index contributed by atoms with van der Waals surface area (Å²) in [6.45, 7) is 9.28. The van der Waals surface area contributed by atoms with Crippen LogP contribution in [0, 0.1) is 0 Å². The van der Waals surface area contributed by atoms with E-state index >= 15 is 0 Å². The van der Waals surface area contributed by atoms with Crippen LogP contribution in [0.2, 0.25) is 0 Å². The number of pyridine rings is 1. The van der Waals surface area contributed by atoms with Gasteiger partial charge >= 0.3 is 0 Å². The van der Waals surface area contributed by atoms with Crippen LogP contribution >= 0.6 is 0 Å². The van der Waals surface area contributed by atoms with Crippen LogP contribution < -0.4 is 5.56 Å². The Labute approximate surface area is 171 Å². The maximum atomic E-state index is 12.7. The van der Waals surface area contributed by atoms with Gasteiger partial charge in [-0.2, -0.15) is 5.10 Å². The Hall–Kier alpha value is -2.47. The number of piperidine rings is 1. The number of hydrogen-bond donors (Lipinski definition) is 1.